The number of carbonyl (C=O) groups excluding carboxylic acids is 6. The number of Topliss-reactive ketones (excluding diaryl/α,β-unsaturated/α-hetero) is 4. The van der Waals surface area contributed by atoms with Crippen LogP contribution in [0.15, 0.2) is 30.5 Å². The number of pyridine rings is 1. The molecular weight excluding hydrogens is 558 g/mol. The van der Waals surface area contributed by atoms with Crippen LogP contribution in [-0.2, 0) is 30.4 Å². The molecule has 2 aromatic rings. The van der Waals surface area contributed by atoms with Gasteiger partial charge in [0.1, 0.15) is 5.75 Å². The Hall–Kier alpha value is -4.33. The number of amides is 2. The average molecular weight is 592 g/mol. The SMILES string of the molecule is CN(C)CC(=O)Nc1cc(-c2ccccn2)c2c(c1O)C(=O)C1C(=O)[C@]3(O)C(=O)C(C(N)=O)C(=O)[C@@H](N(C)C)[C@@H]3C[C@@H]1C2. The fraction of sp³-hybridized carbons (Fsp3) is 0.433. The molecule has 13 nitrogen and oxygen atoms in total. The molecule has 1 heterocycles. The van der Waals surface area contributed by atoms with Gasteiger partial charge in [0, 0.05) is 17.7 Å². The maximum atomic E-state index is 14.2. The van der Waals surface area contributed by atoms with Crippen LogP contribution in [0.4, 0.5) is 5.69 Å². The number of rotatable bonds is 6. The predicted molar refractivity (Wildman–Crippen MR) is 152 cm³/mol. The summed E-state index contributed by atoms with van der Waals surface area (Å²) in [4.78, 5) is 87.3. The lowest BCUT2D eigenvalue weighted by molar-refractivity contribution is -0.181. The summed E-state index contributed by atoms with van der Waals surface area (Å²) >= 11 is 0. The van der Waals surface area contributed by atoms with Gasteiger partial charge in [0.05, 0.1) is 35.4 Å². The van der Waals surface area contributed by atoms with Crippen LogP contribution in [0.2, 0.25) is 0 Å². The highest BCUT2D eigenvalue weighted by atomic mass is 16.3. The average Bonchev–Trinajstić information content (AvgIpc) is 2.92. The van der Waals surface area contributed by atoms with Crippen molar-refractivity contribution in [3.05, 3.63) is 41.6 Å². The molecule has 3 aliphatic carbocycles. The second kappa shape index (κ2) is 10.7. The summed E-state index contributed by atoms with van der Waals surface area (Å²) in [7, 11) is 6.42. The van der Waals surface area contributed by atoms with Gasteiger partial charge in [0.25, 0.3) is 0 Å². The van der Waals surface area contributed by atoms with Gasteiger partial charge in [-0.1, -0.05) is 6.07 Å². The zero-order chi connectivity index (χ0) is 31.5. The monoisotopic (exact) mass is 591 g/mol. The van der Waals surface area contributed by atoms with Gasteiger partial charge in [-0.2, -0.15) is 0 Å². The molecule has 6 atom stereocenters. The molecule has 2 saturated carbocycles. The lowest BCUT2D eigenvalue weighted by Gasteiger charge is -2.52. The van der Waals surface area contributed by atoms with Crippen molar-refractivity contribution in [1.82, 2.24) is 14.8 Å². The molecule has 0 aliphatic heterocycles. The highest BCUT2D eigenvalue weighted by Gasteiger charge is 2.69. The van der Waals surface area contributed by atoms with E-state index in [-0.39, 0.29) is 30.6 Å². The van der Waals surface area contributed by atoms with Gasteiger partial charge in [-0.25, -0.2) is 0 Å². The molecule has 1 aromatic carbocycles. The minimum Gasteiger partial charge on any atom is -0.505 e. The van der Waals surface area contributed by atoms with Crippen LogP contribution >= 0.6 is 0 Å². The fourth-order valence-corrected chi connectivity index (χ4v) is 6.99. The second-order valence-electron chi connectivity index (χ2n) is 12.0. The summed E-state index contributed by atoms with van der Waals surface area (Å²) in [6, 6.07) is 5.46. The van der Waals surface area contributed by atoms with Crippen molar-refractivity contribution in [3.63, 3.8) is 0 Å². The number of nitrogens with two attached hydrogens (primary N) is 1. The molecule has 13 heteroatoms. The standard InChI is InChI=1S/C30H33N5O8/c1-34(2)12-19(36)33-18-11-14(17-7-5-6-8-32-17)15-9-13-10-16-23(35(3)4)26(39)22(29(31)42)28(41)30(16,43)27(40)20(13)25(38)21(15)24(18)37/h5-8,11,13,16,20,22-23,37,43H,9-10,12H2,1-4H3,(H2,31,42)(H,33,36)/t13-,16-,20?,22?,23-,30-/m0/s1. The first-order valence-electron chi connectivity index (χ1n) is 13.8. The summed E-state index contributed by atoms with van der Waals surface area (Å²) in [5.41, 5.74) is 3.53. The fourth-order valence-electron chi connectivity index (χ4n) is 6.99. The number of phenolic OH excluding ortho intramolecular Hbond substituents is 1. The van der Waals surface area contributed by atoms with Crippen LogP contribution in [-0.4, -0.2) is 106 Å². The molecule has 3 aliphatic rings. The summed E-state index contributed by atoms with van der Waals surface area (Å²) in [5.74, 6) is -12.0. The number of primary amides is 1. The lowest BCUT2D eigenvalue weighted by atomic mass is 9.52. The summed E-state index contributed by atoms with van der Waals surface area (Å²) in [5, 5.41) is 25.7. The summed E-state index contributed by atoms with van der Waals surface area (Å²) in [6.07, 6.45) is 1.54. The third-order valence-electron chi connectivity index (χ3n) is 8.74. The number of nitrogens with zero attached hydrogens (tertiary/aromatic N) is 3. The van der Waals surface area contributed by atoms with E-state index < -0.39 is 76.0 Å². The number of anilines is 1. The van der Waals surface area contributed by atoms with Crippen molar-refractivity contribution in [1.29, 1.82) is 0 Å². The quantitative estimate of drug-likeness (QED) is 0.248. The molecule has 5 N–H and O–H groups in total. The van der Waals surface area contributed by atoms with E-state index in [0.29, 0.717) is 16.8 Å². The molecule has 43 heavy (non-hydrogen) atoms. The van der Waals surface area contributed by atoms with E-state index in [0.717, 1.165) is 0 Å². The number of hydrogen-bond donors (Lipinski definition) is 4. The molecule has 2 amide bonds. The van der Waals surface area contributed by atoms with Gasteiger partial charge in [-0.05, 0) is 70.7 Å². The highest BCUT2D eigenvalue weighted by molar-refractivity contribution is 6.32. The molecular formula is C30H33N5O8. The molecule has 5 rings (SSSR count). The number of aliphatic hydroxyl groups is 1. The highest BCUT2D eigenvalue weighted by Crippen LogP contribution is 2.52. The number of nitrogens with one attached hydrogen (secondary N) is 1. The van der Waals surface area contributed by atoms with E-state index in [2.05, 4.69) is 10.3 Å². The third kappa shape index (κ3) is 4.64. The molecule has 0 bridgehead atoms. The Morgan fingerprint density at radius 1 is 1.12 bits per heavy atom. The van der Waals surface area contributed by atoms with Crippen LogP contribution in [0, 0.1) is 23.7 Å². The number of carbonyl (C=O) groups is 6. The smallest absolute Gasteiger partial charge is 0.238 e. The van der Waals surface area contributed by atoms with E-state index in [9.17, 15) is 39.0 Å². The van der Waals surface area contributed by atoms with Crippen LogP contribution < -0.4 is 11.1 Å². The van der Waals surface area contributed by atoms with Crippen molar-refractivity contribution in [2.24, 2.45) is 29.4 Å². The number of aromatic hydroxyl groups is 1. The number of aromatic nitrogens is 1. The minimum absolute atomic E-state index is 0.0180. The van der Waals surface area contributed by atoms with Gasteiger partial charge in [0.15, 0.2) is 34.7 Å². The predicted octanol–water partition coefficient (Wildman–Crippen LogP) is -0.571. The first-order valence-corrected chi connectivity index (χ1v) is 13.8. The number of phenols is 1. The minimum atomic E-state index is -2.83. The van der Waals surface area contributed by atoms with Crippen molar-refractivity contribution in [2.75, 3.05) is 40.1 Å². The van der Waals surface area contributed by atoms with Gasteiger partial charge in [-0.15, -0.1) is 0 Å². The Morgan fingerprint density at radius 3 is 2.40 bits per heavy atom. The van der Waals surface area contributed by atoms with Crippen LogP contribution in [0.5, 0.6) is 5.75 Å². The molecule has 2 unspecified atom stereocenters. The third-order valence-corrected chi connectivity index (χ3v) is 8.74. The molecule has 0 radical (unpaired) electrons. The van der Waals surface area contributed by atoms with E-state index >= 15 is 0 Å². The molecule has 226 valence electrons. The normalized spacial score (nSPS) is 28.4. The Balaban J connectivity index is 1.67. The molecule has 1 aromatic heterocycles. The zero-order valence-electron chi connectivity index (χ0n) is 24.2. The molecule has 2 fully saturated rings. The number of likely N-dealkylation sites (N-methyl/N-ethyl adjacent to an activating group) is 2. The first kappa shape index (κ1) is 30.1. The zero-order valence-corrected chi connectivity index (χ0v) is 24.2. The van der Waals surface area contributed by atoms with Crippen molar-refractivity contribution < 1.29 is 39.0 Å². The van der Waals surface area contributed by atoms with Gasteiger partial charge in [-0.3, -0.25) is 38.7 Å². The van der Waals surface area contributed by atoms with Gasteiger partial charge >= 0.3 is 0 Å². The summed E-state index contributed by atoms with van der Waals surface area (Å²) in [6.45, 7) is -0.0180. The largest absolute Gasteiger partial charge is 0.505 e. The van der Waals surface area contributed by atoms with Crippen molar-refractivity contribution in [3.8, 4) is 17.0 Å². The van der Waals surface area contributed by atoms with E-state index in [1.807, 2.05) is 0 Å². The first-order chi connectivity index (χ1) is 20.2. The van der Waals surface area contributed by atoms with E-state index in [4.69, 9.17) is 5.73 Å². The Labute approximate surface area is 247 Å². The maximum Gasteiger partial charge on any atom is 0.238 e. The maximum absolute atomic E-state index is 14.2. The van der Waals surface area contributed by atoms with Gasteiger partial charge in [0.2, 0.25) is 11.8 Å². The van der Waals surface area contributed by atoms with E-state index in [1.54, 1.807) is 43.4 Å². The van der Waals surface area contributed by atoms with Gasteiger partial charge < -0.3 is 26.2 Å². The second-order valence-corrected chi connectivity index (χ2v) is 12.0. The van der Waals surface area contributed by atoms with E-state index in [1.165, 1.54) is 25.1 Å². The number of fused-ring (bicyclic) bond motifs is 3. The Morgan fingerprint density at radius 2 is 1.81 bits per heavy atom. The molecule has 0 spiro atoms. The van der Waals surface area contributed by atoms with Crippen LogP contribution in [0.1, 0.15) is 22.3 Å². The Bertz CT molecular complexity index is 1570. The number of benzene rings is 1. The van der Waals surface area contributed by atoms with Crippen molar-refractivity contribution >= 4 is 40.6 Å². The number of ketones is 4. The van der Waals surface area contributed by atoms with Crippen LogP contribution in [0.3, 0.4) is 0 Å². The van der Waals surface area contributed by atoms with Crippen LogP contribution in [0.25, 0.3) is 11.3 Å². The topological polar surface area (TPSA) is 200 Å². The Kier molecular flexibility index (Phi) is 7.53. The molecule has 0 saturated heterocycles. The number of hydrogen-bond acceptors (Lipinski definition) is 11. The lowest BCUT2D eigenvalue weighted by Crippen LogP contribution is -2.74. The summed E-state index contributed by atoms with van der Waals surface area (Å²) < 4.78 is 0. The van der Waals surface area contributed by atoms with Crippen molar-refractivity contribution in [2.45, 2.75) is 24.5 Å².